The molecule has 0 saturated heterocycles. The van der Waals surface area contributed by atoms with Crippen molar-refractivity contribution in [3.63, 3.8) is 0 Å². The fourth-order valence-corrected chi connectivity index (χ4v) is 0. The number of nitrogens with two attached hydrogens (primary N) is 1. The Hall–Kier alpha value is -0.320. The predicted octanol–water partition coefficient (Wildman–Crippen LogP) is 0.803. The Morgan fingerprint density at radius 3 is 1.43 bits per heavy atom. The molecule has 0 saturated carbocycles. The highest BCUT2D eigenvalue weighted by molar-refractivity contribution is 4.54. The zero-order valence-electron chi connectivity index (χ0n) is 3.17. The van der Waals surface area contributed by atoms with E-state index >= 15 is 0 Å². The summed E-state index contributed by atoms with van der Waals surface area (Å²) in [5.41, 5.74) is 3.78. The molecular formula is C2H3F4N. The fraction of sp³-hybridized carbons (Fsp3) is 1.00. The van der Waals surface area contributed by atoms with E-state index in [0.29, 0.717) is 0 Å². The molecule has 0 aromatic carbocycles. The van der Waals surface area contributed by atoms with Crippen LogP contribution in [0.2, 0.25) is 0 Å². The summed E-state index contributed by atoms with van der Waals surface area (Å²) in [5.74, 6) is 0. The molecule has 44 valence electrons. The minimum Gasteiger partial charge on any atom is -0.294 e. The maximum absolute atomic E-state index is 10.9. The number of hydrogen-bond donors (Lipinski definition) is 1. The Morgan fingerprint density at radius 2 is 1.43 bits per heavy atom. The maximum atomic E-state index is 10.9. The van der Waals surface area contributed by atoms with Gasteiger partial charge >= 0.3 is 6.18 Å². The molecule has 0 amide bonds. The van der Waals surface area contributed by atoms with Gasteiger partial charge in [-0.2, -0.15) is 13.2 Å². The van der Waals surface area contributed by atoms with Crippen molar-refractivity contribution in [1.29, 1.82) is 0 Å². The Labute approximate surface area is 37.1 Å². The number of alkyl halides is 4. The molecule has 0 aromatic rings. The standard InChI is InChI=1S/C2H3F4N/c3-1(7)2(4,5)6/h1H,7H2. The van der Waals surface area contributed by atoms with E-state index in [1.54, 1.807) is 0 Å². The van der Waals surface area contributed by atoms with Crippen LogP contribution in [0.5, 0.6) is 0 Å². The van der Waals surface area contributed by atoms with E-state index < -0.39 is 12.5 Å². The first kappa shape index (κ1) is 6.68. The summed E-state index contributed by atoms with van der Waals surface area (Å²) in [6, 6.07) is 0. The van der Waals surface area contributed by atoms with Crippen molar-refractivity contribution in [2.24, 2.45) is 5.73 Å². The molecule has 0 aliphatic carbocycles. The monoisotopic (exact) mass is 117 g/mol. The first-order chi connectivity index (χ1) is 2.94. The lowest BCUT2D eigenvalue weighted by atomic mass is 10.6. The fourth-order valence-electron chi connectivity index (χ4n) is 0. The lowest BCUT2D eigenvalue weighted by molar-refractivity contribution is -0.178. The lowest BCUT2D eigenvalue weighted by Gasteiger charge is -2.04. The van der Waals surface area contributed by atoms with Gasteiger partial charge in [-0.3, -0.25) is 5.73 Å². The van der Waals surface area contributed by atoms with E-state index in [-0.39, 0.29) is 0 Å². The summed E-state index contributed by atoms with van der Waals surface area (Å²) in [6.07, 6.45) is -8.09. The minimum atomic E-state index is -4.89. The Balaban J connectivity index is 3.54. The quantitative estimate of drug-likeness (QED) is 0.368. The summed E-state index contributed by atoms with van der Waals surface area (Å²) < 4.78 is 42.9. The Morgan fingerprint density at radius 1 is 1.29 bits per heavy atom. The Kier molecular flexibility index (Phi) is 1.58. The molecule has 0 radical (unpaired) electrons. The summed E-state index contributed by atoms with van der Waals surface area (Å²) in [5, 5.41) is 0. The summed E-state index contributed by atoms with van der Waals surface area (Å²) in [6.45, 7) is 0. The van der Waals surface area contributed by atoms with Crippen LogP contribution in [-0.4, -0.2) is 12.5 Å². The van der Waals surface area contributed by atoms with Gasteiger partial charge in [0, 0.05) is 0 Å². The van der Waals surface area contributed by atoms with Gasteiger partial charge < -0.3 is 0 Å². The van der Waals surface area contributed by atoms with Crippen molar-refractivity contribution in [1.82, 2.24) is 0 Å². The van der Waals surface area contributed by atoms with Gasteiger partial charge in [-0.15, -0.1) is 0 Å². The zero-order valence-corrected chi connectivity index (χ0v) is 3.17. The molecule has 0 aliphatic heterocycles. The highest BCUT2D eigenvalue weighted by atomic mass is 19.4. The second-order valence-electron chi connectivity index (χ2n) is 0.943. The van der Waals surface area contributed by atoms with Crippen molar-refractivity contribution in [2.45, 2.75) is 12.5 Å². The second-order valence-corrected chi connectivity index (χ2v) is 0.943. The summed E-state index contributed by atoms with van der Waals surface area (Å²) in [7, 11) is 0. The Bertz CT molecular complexity index is 55.2. The zero-order chi connectivity index (χ0) is 6.08. The molecule has 1 atom stereocenters. The third-order valence-corrected chi connectivity index (χ3v) is 0.313. The van der Waals surface area contributed by atoms with E-state index in [1.807, 2.05) is 0 Å². The van der Waals surface area contributed by atoms with E-state index in [4.69, 9.17) is 0 Å². The van der Waals surface area contributed by atoms with E-state index in [1.165, 1.54) is 0 Å². The summed E-state index contributed by atoms with van der Waals surface area (Å²) in [4.78, 5) is 0. The summed E-state index contributed by atoms with van der Waals surface area (Å²) >= 11 is 0. The predicted molar refractivity (Wildman–Crippen MR) is 15.1 cm³/mol. The average Bonchev–Trinajstić information content (AvgIpc) is 1.31. The minimum absolute atomic E-state index is 3.20. The normalized spacial score (nSPS) is 16.7. The number of halogens is 4. The van der Waals surface area contributed by atoms with Crippen molar-refractivity contribution >= 4 is 0 Å². The average molecular weight is 117 g/mol. The van der Waals surface area contributed by atoms with Crippen molar-refractivity contribution in [3.8, 4) is 0 Å². The lowest BCUT2D eigenvalue weighted by Crippen LogP contribution is -2.32. The molecule has 2 N–H and O–H groups in total. The second kappa shape index (κ2) is 1.65. The van der Waals surface area contributed by atoms with Crippen LogP contribution >= 0.6 is 0 Å². The van der Waals surface area contributed by atoms with Gasteiger partial charge in [0.25, 0.3) is 0 Å². The SMILES string of the molecule is NC(F)C(F)(F)F. The molecule has 5 heteroatoms. The van der Waals surface area contributed by atoms with Crippen LogP contribution in [0.1, 0.15) is 0 Å². The molecule has 0 fully saturated rings. The number of hydrogen-bond acceptors (Lipinski definition) is 1. The van der Waals surface area contributed by atoms with Crippen LogP contribution in [0.4, 0.5) is 17.6 Å². The molecule has 7 heavy (non-hydrogen) atoms. The molecule has 0 spiro atoms. The van der Waals surface area contributed by atoms with E-state index in [0.717, 1.165) is 0 Å². The van der Waals surface area contributed by atoms with Gasteiger partial charge in [0.1, 0.15) is 0 Å². The number of rotatable bonds is 0. The van der Waals surface area contributed by atoms with E-state index in [2.05, 4.69) is 5.73 Å². The maximum Gasteiger partial charge on any atom is 0.433 e. The molecule has 0 heterocycles. The molecular weight excluding hydrogens is 114 g/mol. The third-order valence-electron chi connectivity index (χ3n) is 0.313. The van der Waals surface area contributed by atoms with Crippen molar-refractivity contribution in [3.05, 3.63) is 0 Å². The molecule has 0 rings (SSSR count). The van der Waals surface area contributed by atoms with E-state index in [9.17, 15) is 17.6 Å². The first-order valence-corrected chi connectivity index (χ1v) is 1.41. The largest absolute Gasteiger partial charge is 0.433 e. The van der Waals surface area contributed by atoms with Gasteiger partial charge in [0.05, 0.1) is 0 Å². The van der Waals surface area contributed by atoms with Crippen LogP contribution < -0.4 is 5.73 Å². The van der Waals surface area contributed by atoms with Gasteiger partial charge in [0.15, 0.2) is 0 Å². The van der Waals surface area contributed by atoms with Crippen LogP contribution in [0.15, 0.2) is 0 Å². The van der Waals surface area contributed by atoms with Crippen LogP contribution in [0.25, 0.3) is 0 Å². The molecule has 0 aliphatic rings. The smallest absolute Gasteiger partial charge is 0.294 e. The molecule has 0 aromatic heterocycles. The molecule has 0 bridgehead atoms. The highest BCUT2D eigenvalue weighted by Gasteiger charge is 2.36. The van der Waals surface area contributed by atoms with Crippen molar-refractivity contribution < 1.29 is 17.6 Å². The third kappa shape index (κ3) is 2.38. The van der Waals surface area contributed by atoms with Gasteiger partial charge in [0.2, 0.25) is 6.30 Å². The van der Waals surface area contributed by atoms with Gasteiger partial charge in [-0.05, 0) is 0 Å². The topological polar surface area (TPSA) is 26.0 Å². The van der Waals surface area contributed by atoms with Crippen LogP contribution in [0.3, 0.4) is 0 Å². The van der Waals surface area contributed by atoms with Gasteiger partial charge in [-0.1, -0.05) is 0 Å². The first-order valence-electron chi connectivity index (χ1n) is 1.41. The highest BCUT2D eigenvalue weighted by Crippen LogP contribution is 2.18. The molecule has 1 nitrogen and oxygen atoms in total. The van der Waals surface area contributed by atoms with Crippen LogP contribution in [0, 0.1) is 0 Å². The molecule has 1 unspecified atom stereocenters. The van der Waals surface area contributed by atoms with Crippen LogP contribution in [-0.2, 0) is 0 Å². The van der Waals surface area contributed by atoms with Crippen molar-refractivity contribution in [2.75, 3.05) is 0 Å². The van der Waals surface area contributed by atoms with Gasteiger partial charge in [-0.25, -0.2) is 4.39 Å².